The van der Waals surface area contributed by atoms with Gasteiger partial charge in [-0.15, -0.1) is 10.2 Å². The first-order valence-corrected chi connectivity index (χ1v) is 9.98. The summed E-state index contributed by atoms with van der Waals surface area (Å²) in [5, 5.41) is 11.9. The van der Waals surface area contributed by atoms with Gasteiger partial charge in [0.15, 0.2) is 10.9 Å². The molecule has 1 atom stereocenters. The summed E-state index contributed by atoms with van der Waals surface area (Å²) in [4.78, 5) is 3.96. The van der Waals surface area contributed by atoms with Crippen molar-refractivity contribution in [2.24, 2.45) is 13.0 Å². The molecule has 1 aliphatic rings. The van der Waals surface area contributed by atoms with Crippen molar-refractivity contribution < 1.29 is 8.42 Å². The van der Waals surface area contributed by atoms with Crippen molar-refractivity contribution in [1.82, 2.24) is 34.4 Å². The van der Waals surface area contributed by atoms with E-state index in [0.29, 0.717) is 18.2 Å². The van der Waals surface area contributed by atoms with E-state index in [0.717, 1.165) is 31.9 Å². The molecule has 2 aromatic rings. The highest BCUT2D eigenvalue weighted by Crippen LogP contribution is 2.23. The first-order valence-electron chi connectivity index (χ1n) is 8.50. The van der Waals surface area contributed by atoms with Crippen molar-refractivity contribution in [3.63, 3.8) is 0 Å². The summed E-state index contributed by atoms with van der Waals surface area (Å²) < 4.78 is 31.9. The van der Waals surface area contributed by atoms with Crippen LogP contribution in [-0.2, 0) is 30.0 Å². The molecule has 25 heavy (non-hydrogen) atoms. The van der Waals surface area contributed by atoms with Gasteiger partial charge in [-0.05, 0) is 12.3 Å². The van der Waals surface area contributed by atoms with Crippen LogP contribution in [0.3, 0.4) is 0 Å². The summed E-state index contributed by atoms with van der Waals surface area (Å²) in [5.41, 5.74) is 0. The van der Waals surface area contributed by atoms with Crippen LogP contribution in [-0.4, -0.2) is 45.8 Å². The highest BCUT2D eigenvalue weighted by Gasteiger charge is 2.29. The summed E-state index contributed by atoms with van der Waals surface area (Å²) >= 11 is 0. The molecule has 3 heterocycles. The van der Waals surface area contributed by atoms with Crippen molar-refractivity contribution in [2.75, 3.05) is 13.1 Å². The van der Waals surface area contributed by atoms with Crippen LogP contribution in [0.15, 0.2) is 17.6 Å². The van der Waals surface area contributed by atoms with E-state index in [1.165, 1.54) is 12.5 Å². The molecular formula is C15H25N7O2S. The Morgan fingerprint density at radius 3 is 2.80 bits per heavy atom. The summed E-state index contributed by atoms with van der Waals surface area (Å²) in [7, 11) is -1.99. The summed E-state index contributed by atoms with van der Waals surface area (Å²) in [5.74, 6) is 1.87. The van der Waals surface area contributed by atoms with E-state index < -0.39 is 16.1 Å². The largest absolute Gasteiger partial charge is 0.339 e. The normalized spacial score (nSPS) is 16.6. The van der Waals surface area contributed by atoms with Crippen LogP contribution in [0.1, 0.15) is 38.0 Å². The average Bonchev–Trinajstić information content (AvgIpc) is 3.07. The molecule has 0 saturated heterocycles. The van der Waals surface area contributed by atoms with Gasteiger partial charge in [-0.25, -0.2) is 13.4 Å². The number of hydrogen-bond acceptors (Lipinski definition) is 6. The average molecular weight is 367 g/mol. The minimum Gasteiger partial charge on any atom is -0.339 e. The van der Waals surface area contributed by atoms with Crippen molar-refractivity contribution in [3.05, 3.63) is 24.2 Å². The van der Waals surface area contributed by atoms with Crippen molar-refractivity contribution in [1.29, 1.82) is 0 Å². The Labute approximate surface area is 147 Å². The van der Waals surface area contributed by atoms with E-state index >= 15 is 0 Å². The Morgan fingerprint density at radius 1 is 1.32 bits per heavy atom. The van der Waals surface area contributed by atoms with Gasteiger partial charge in [-0.1, -0.05) is 13.8 Å². The molecular weight excluding hydrogens is 342 g/mol. The van der Waals surface area contributed by atoms with Gasteiger partial charge < -0.3 is 14.5 Å². The Bertz CT molecular complexity index is 825. The molecule has 0 bridgehead atoms. The minimum atomic E-state index is -3.72. The van der Waals surface area contributed by atoms with Crippen molar-refractivity contribution >= 4 is 10.0 Å². The molecule has 0 unspecified atom stereocenters. The summed E-state index contributed by atoms with van der Waals surface area (Å²) in [6.07, 6.45) is 4.38. The number of imidazole rings is 1. The van der Waals surface area contributed by atoms with E-state index in [1.54, 1.807) is 11.6 Å². The Balaban J connectivity index is 1.92. The first kappa shape index (κ1) is 18.0. The maximum Gasteiger partial charge on any atom is 0.260 e. The Hall–Kier alpha value is -1.78. The molecule has 10 heteroatoms. The molecule has 0 spiro atoms. The van der Waals surface area contributed by atoms with Crippen LogP contribution in [0.4, 0.5) is 0 Å². The van der Waals surface area contributed by atoms with Gasteiger partial charge in [0, 0.05) is 39.3 Å². The van der Waals surface area contributed by atoms with E-state index in [1.807, 2.05) is 4.57 Å². The van der Waals surface area contributed by atoms with Crippen LogP contribution in [0, 0.1) is 5.92 Å². The maximum absolute atomic E-state index is 12.7. The van der Waals surface area contributed by atoms with Gasteiger partial charge in [0.25, 0.3) is 10.0 Å². The number of sulfonamides is 1. The molecule has 0 aromatic carbocycles. The number of hydrogen-bond donors (Lipinski definition) is 2. The molecule has 2 N–H and O–H groups in total. The number of nitrogens with one attached hydrogen (secondary N) is 2. The van der Waals surface area contributed by atoms with Gasteiger partial charge in [0.05, 0.1) is 12.4 Å². The Kier molecular flexibility index (Phi) is 5.21. The van der Waals surface area contributed by atoms with Gasteiger partial charge in [-0.3, -0.25) is 0 Å². The molecule has 1 aliphatic heterocycles. The lowest BCUT2D eigenvalue weighted by molar-refractivity contribution is 0.438. The lowest BCUT2D eigenvalue weighted by Crippen LogP contribution is -2.32. The number of rotatable bonds is 6. The highest BCUT2D eigenvalue weighted by atomic mass is 32.2. The van der Waals surface area contributed by atoms with E-state index in [2.05, 4.69) is 39.1 Å². The predicted molar refractivity (Wildman–Crippen MR) is 92.3 cm³/mol. The van der Waals surface area contributed by atoms with Crippen LogP contribution < -0.4 is 10.0 Å². The molecule has 0 fully saturated rings. The molecule has 138 valence electrons. The second kappa shape index (κ2) is 7.22. The van der Waals surface area contributed by atoms with E-state index in [-0.39, 0.29) is 5.03 Å². The predicted octanol–water partition coefficient (Wildman–Crippen LogP) is 0.223. The van der Waals surface area contributed by atoms with E-state index in [4.69, 9.17) is 0 Å². The van der Waals surface area contributed by atoms with Crippen LogP contribution in [0.5, 0.6) is 0 Å². The van der Waals surface area contributed by atoms with E-state index in [9.17, 15) is 8.42 Å². The van der Waals surface area contributed by atoms with Gasteiger partial charge >= 0.3 is 0 Å². The lowest BCUT2D eigenvalue weighted by atomic mass is 10.0. The molecule has 0 saturated carbocycles. The zero-order chi connectivity index (χ0) is 18.0. The zero-order valence-corrected chi connectivity index (χ0v) is 15.6. The first-order chi connectivity index (χ1) is 11.9. The number of aryl methyl sites for hydroxylation is 1. The highest BCUT2D eigenvalue weighted by molar-refractivity contribution is 7.89. The van der Waals surface area contributed by atoms with Crippen LogP contribution in [0.2, 0.25) is 0 Å². The number of aromatic nitrogens is 5. The molecule has 3 rings (SSSR count). The van der Waals surface area contributed by atoms with Crippen LogP contribution >= 0.6 is 0 Å². The third-order valence-electron chi connectivity index (χ3n) is 4.17. The minimum absolute atomic E-state index is 0.0148. The summed E-state index contributed by atoms with van der Waals surface area (Å²) in [6, 6.07) is -0.439. The quantitative estimate of drug-likeness (QED) is 0.757. The fourth-order valence-electron chi connectivity index (χ4n) is 3.00. The monoisotopic (exact) mass is 367 g/mol. The molecule has 2 aromatic heterocycles. The molecule has 9 nitrogen and oxygen atoms in total. The standard InChI is InChI=1S/C15H25N7O2S/c1-11(2)8-12(20-25(23,24)14-9-21(3)10-17-14)15-19-18-13-4-5-16-6-7-22(13)15/h9-12,16,20H,4-8H2,1-3H3/t12-/m1/s1. The van der Waals surface area contributed by atoms with Crippen molar-refractivity contribution in [2.45, 2.75) is 44.3 Å². The molecule has 0 aliphatic carbocycles. The van der Waals surface area contributed by atoms with Gasteiger partial charge in [0.2, 0.25) is 0 Å². The smallest absolute Gasteiger partial charge is 0.260 e. The maximum atomic E-state index is 12.7. The van der Waals surface area contributed by atoms with Crippen LogP contribution in [0.25, 0.3) is 0 Å². The number of fused-ring (bicyclic) bond motifs is 1. The third kappa shape index (κ3) is 4.07. The zero-order valence-electron chi connectivity index (χ0n) is 14.8. The van der Waals surface area contributed by atoms with Gasteiger partial charge in [-0.2, -0.15) is 4.72 Å². The third-order valence-corrected chi connectivity index (χ3v) is 5.52. The SMILES string of the molecule is CC(C)C[C@@H](NS(=O)(=O)c1cn(C)cn1)c1nnc2n1CCNCC2. The Morgan fingerprint density at radius 2 is 2.12 bits per heavy atom. The lowest BCUT2D eigenvalue weighted by Gasteiger charge is -2.20. The molecule has 0 amide bonds. The van der Waals surface area contributed by atoms with Crippen molar-refractivity contribution in [3.8, 4) is 0 Å². The fourth-order valence-corrected chi connectivity index (χ4v) is 4.19. The topological polar surface area (TPSA) is 107 Å². The second-order valence-corrected chi connectivity index (χ2v) is 8.47. The number of nitrogens with zero attached hydrogens (tertiary/aromatic N) is 5. The van der Waals surface area contributed by atoms with Gasteiger partial charge in [0.1, 0.15) is 5.82 Å². The summed E-state index contributed by atoms with van der Waals surface area (Å²) in [6.45, 7) is 6.52. The molecule has 0 radical (unpaired) electrons. The fraction of sp³-hybridized carbons (Fsp3) is 0.667. The second-order valence-electron chi connectivity index (χ2n) is 6.81.